The Morgan fingerprint density at radius 1 is 1.04 bits per heavy atom. The number of hydrogen-bond acceptors (Lipinski definition) is 4. The van der Waals surface area contributed by atoms with Crippen molar-refractivity contribution in [1.82, 2.24) is 19.5 Å². The predicted octanol–water partition coefficient (Wildman–Crippen LogP) is 4.44. The van der Waals surface area contributed by atoms with Crippen LogP contribution < -0.4 is 4.74 Å². The molecule has 28 heavy (non-hydrogen) atoms. The zero-order valence-electron chi connectivity index (χ0n) is 16.3. The van der Waals surface area contributed by atoms with Gasteiger partial charge in [0, 0.05) is 0 Å². The number of fused-ring (bicyclic) bond motifs is 3. The number of likely N-dealkylation sites (tertiary alicyclic amines) is 1. The van der Waals surface area contributed by atoms with Crippen LogP contribution in [-0.4, -0.2) is 33.1 Å². The third-order valence-corrected chi connectivity index (χ3v) is 7.12. The molecule has 1 spiro atoms. The highest BCUT2D eigenvalue weighted by Gasteiger charge is 2.48. The van der Waals surface area contributed by atoms with Crippen LogP contribution in [-0.2, 0) is 5.41 Å². The molecule has 3 aliphatic rings. The molecule has 5 heteroatoms. The summed E-state index contributed by atoms with van der Waals surface area (Å²) in [4.78, 5) is 2.37. The molecule has 1 aromatic carbocycles. The van der Waals surface area contributed by atoms with E-state index >= 15 is 0 Å². The maximum absolute atomic E-state index is 6.53. The third kappa shape index (κ3) is 2.49. The Hall–Kier alpha value is -2.40. The van der Waals surface area contributed by atoms with Gasteiger partial charge in [-0.1, -0.05) is 24.3 Å². The van der Waals surface area contributed by atoms with Gasteiger partial charge in [-0.2, -0.15) is 0 Å². The Morgan fingerprint density at radius 2 is 1.93 bits per heavy atom. The van der Waals surface area contributed by atoms with Crippen LogP contribution in [0.1, 0.15) is 67.6 Å². The fourth-order valence-electron chi connectivity index (χ4n) is 5.34. The molecule has 1 aliphatic heterocycles. The van der Waals surface area contributed by atoms with Crippen LogP contribution in [0.4, 0.5) is 0 Å². The predicted molar refractivity (Wildman–Crippen MR) is 108 cm³/mol. The average Bonchev–Trinajstić information content (AvgIpc) is 3.18. The van der Waals surface area contributed by atoms with E-state index in [-0.39, 0.29) is 6.10 Å². The molecule has 2 aromatic heterocycles. The lowest BCUT2D eigenvalue weighted by atomic mass is 9.79. The van der Waals surface area contributed by atoms with Gasteiger partial charge in [0.05, 0.1) is 12.2 Å². The van der Waals surface area contributed by atoms with Gasteiger partial charge in [-0.15, -0.1) is 10.2 Å². The second-order valence-corrected chi connectivity index (χ2v) is 8.80. The average molecular weight is 374 g/mol. The molecular formula is C23H26N4O. The van der Waals surface area contributed by atoms with Crippen LogP contribution in [0.25, 0.3) is 5.65 Å². The molecule has 3 heterocycles. The number of ether oxygens (including phenoxy) is 1. The number of hydrogen-bond donors (Lipinski definition) is 0. The standard InChI is InChI=1S/C23H26N4O/c1-26-14-4-7-19(26)22-25-24-21-9-8-16(15-27(21)22)28-20-10-11-23(12-13-23)18-6-3-2-5-17(18)20/h2-3,5-6,8-9,15,19-20H,4,7,10-14H2,1H3/t19-,20-/m1/s1. The second kappa shape index (κ2) is 6.05. The Labute approximate surface area is 165 Å². The molecule has 6 rings (SSSR count). The van der Waals surface area contributed by atoms with E-state index in [0.29, 0.717) is 11.5 Å². The number of pyridine rings is 1. The lowest BCUT2D eigenvalue weighted by Gasteiger charge is -2.32. The number of nitrogens with zero attached hydrogens (tertiary/aromatic N) is 4. The molecule has 0 N–H and O–H groups in total. The van der Waals surface area contributed by atoms with Crippen molar-refractivity contribution in [3.63, 3.8) is 0 Å². The summed E-state index contributed by atoms with van der Waals surface area (Å²) >= 11 is 0. The van der Waals surface area contributed by atoms with E-state index in [9.17, 15) is 0 Å². The van der Waals surface area contributed by atoms with Gasteiger partial charge in [-0.3, -0.25) is 9.30 Å². The van der Waals surface area contributed by atoms with Crippen molar-refractivity contribution in [2.45, 2.75) is 56.1 Å². The molecule has 2 fully saturated rings. The van der Waals surface area contributed by atoms with Crippen molar-refractivity contribution < 1.29 is 4.74 Å². The van der Waals surface area contributed by atoms with Crippen LogP contribution in [0.5, 0.6) is 5.75 Å². The molecule has 1 saturated carbocycles. The molecule has 144 valence electrons. The van der Waals surface area contributed by atoms with Crippen molar-refractivity contribution in [2.75, 3.05) is 13.6 Å². The van der Waals surface area contributed by atoms with Crippen molar-refractivity contribution in [3.05, 3.63) is 59.5 Å². The molecule has 2 atom stereocenters. The lowest BCUT2D eigenvalue weighted by Crippen LogP contribution is -2.23. The summed E-state index contributed by atoms with van der Waals surface area (Å²) < 4.78 is 8.66. The summed E-state index contributed by atoms with van der Waals surface area (Å²) in [5, 5.41) is 8.87. The van der Waals surface area contributed by atoms with Gasteiger partial charge in [0.25, 0.3) is 0 Å². The second-order valence-electron chi connectivity index (χ2n) is 8.80. The van der Waals surface area contributed by atoms with E-state index in [1.807, 2.05) is 12.1 Å². The normalized spacial score (nSPS) is 25.9. The molecule has 1 saturated heterocycles. The fourth-order valence-corrected chi connectivity index (χ4v) is 5.34. The van der Waals surface area contributed by atoms with Crippen LogP contribution in [0.3, 0.4) is 0 Å². The monoisotopic (exact) mass is 374 g/mol. The van der Waals surface area contributed by atoms with Gasteiger partial charge < -0.3 is 4.74 Å². The Bertz CT molecular complexity index is 1040. The first-order valence-corrected chi connectivity index (χ1v) is 10.5. The van der Waals surface area contributed by atoms with Crippen LogP contribution in [0.2, 0.25) is 0 Å². The van der Waals surface area contributed by atoms with Crippen LogP contribution in [0, 0.1) is 0 Å². The largest absolute Gasteiger partial charge is 0.484 e. The number of rotatable bonds is 3. The minimum atomic E-state index is 0.133. The van der Waals surface area contributed by atoms with Crippen molar-refractivity contribution in [1.29, 1.82) is 0 Å². The first kappa shape index (κ1) is 16.5. The molecule has 2 aliphatic carbocycles. The Kier molecular flexibility index (Phi) is 3.57. The molecule has 0 unspecified atom stereocenters. The van der Waals surface area contributed by atoms with E-state index in [1.54, 1.807) is 0 Å². The van der Waals surface area contributed by atoms with Gasteiger partial charge in [0.2, 0.25) is 0 Å². The van der Waals surface area contributed by atoms with E-state index in [1.165, 1.54) is 36.8 Å². The van der Waals surface area contributed by atoms with E-state index in [2.05, 4.69) is 57.0 Å². The van der Waals surface area contributed by atoms with E-state index in [0.717, 1.165) is 36.6 Å². The zero-order chi connectivity index (χ0) is 18.7. The summed E-state index contributed by atoms with van der Waals surface area (Å²) in [6.45, 7) is 1.12. The van der Waals surface area contributed by atoms with Gasteiger partial charge >= 0.3 is 0 Å². The van der Waals surface area contributed by atoms with Crippen molar-refractivity contribution in [2.24, 2.45) is 0 Å². The third-order valence-electron chi connectivity index (χ3n) is 7.12. The highest BCUT2D eigenvalue weighted by Crippen LogP contribution is 2.57. The first-order valence-electron chi connectivity index (χ1n) is 10.5. The summed E-state index contributed by atoms with van der Waals surface area (Å²) in [6, 6.07) is 13.3. The summed E-state index contributed by atoms with van der Waals surface area (Å²) in [5.41, 5.74) is 4.24. The van der Waals surface area contributed by atoms with Crippen molar-refractivity contribution >= 4 is 5.65 Å². The van der Waals surface area contributed by atoms with E-state index in [4.69, 9.17) is 4.74 Å². The maximum atomic E-state index is 6.53. The Morgan fingerprint density at radius 3 is 2.75 bits per heavy atom. The summed E-state index contributed by atoms with van der Waals surface area (Å²) in [7, 11) is 2.17. The molecule has 0 radical (unpaired) electrons. The molecular weight excluding hydrogens is 348 g/mol. The Balaban J connectivity index is 1.33. The summed E-state index contributed by atoms with van der Waals surface area (Å²) in [6.07, 6.45) is 9.57. The molecule has 3 aromatic rings. The van der Waals surface area contributed by atoms with E-state index < -0.39 is 0 Å². The molecule has 5 nitrogen and oxygen atoms in total. The lowest BCUT2D eigenvalue weighted by molar-refractivity contribution is 0.173. The number of benzene rings is 1. The first-order chi connectivity index (χ1) is 13.7. The van der Waals surface area contributed by atoms with Crippen LogP contribution >= 0.6 is 0 Å². The highest BCUT2D eigenvalue weighted by molar-refractivity contribution is 5.44. The van der Waals surface area contributed by atoms with Crippen molar-refractivity contribution in [3.8, 4) is 5.75 Å². The molecule has 0 amide bonds. The quantitative estimate of drug-likeness (QED) is 0.680. The van der Waals surface area contributed by atoms with Crippen LogP contribution in [0.15, 0.2) is 42.6 Å². The zero-order valence-corrected chi connectivity index (χ0v) is 16.3. The highest BCUT2D eigenvalue weighted by atomic mass is 16.5. The maximum Gasteiger partial charge on any atom is 0.161 e. The SMILES string of the molecule is CN1CCC[C@@H]1c1nnc2ccc(O[C@@H]3CCC4(CC4)c4ccccc43)cn12. The topological polar surface area (TPSA) is 42.7 Å². The fraction of sp³-hybridized carbons (Fsp3) is 0.478. The van der Waals surface area contributed by atoms with Gasteiger partial charge in [0.15, 0.2) is 11.5 Å². The minimum Gasteiger partial charge on any atom is -0.484 e. The van der Waals surface area contributed by atoms with Gasteiger partial charge in [0.1, 0.15) is 11.9 Å². The molecule has 0 bridgehead atoms. The summed E-state index contributed by atoms with van der Waals surface area (Å²) in [5.74, 6) is 1.93. The number of aromatic nitrogens is 3. The minimum absolute atomic E-state index is 0.133. The van der Waals surface area contributed by atoms with Gasteiger partial charge in [-0.05, 0) is 80.8 Å². The smallest absolute Gasteiger partial charge is 0.161 e. The van der Waals surface area contributed by atoms with Gasteiger partial charge in [-0.25, -0.2) is 0 Å².